The first-order valence-corrected chi connectivity index (χ1v) is 7.80. The molecule has 1 saturated carbocycles. The van der Waals surface area contributed by atoms with Crippen molar-refractivity contribution in [2.24, 2.45) is 11.3 Å². The second kappa shape index (κ2) is 6.22. The maximum atomic E-state index is 12.3. The van der Waals surface area contributed by atoms with Crippen molar-refractivity contribution in [2.75, 3.05) is 19.5 Å². The maximum absolute atomic E-state index is 12.3. The second-order valence-electron chi connectivity index (χ2n) is 7.07. The fraction of sp³-hybridized carbons (Fsp3) is 0.556. The average molecular weight is 319 g/mol. The number of hydrogen-bond acceptors (Lipinski definition) is 5. The fourth-order valence-corrected chi connectivity index (χ4v) is 2.88. The van der Waals surface area contributed by atoms with E-state index >= 15 is 0 Å². The number of rotatable bonds is 5. The molecule has 1 aliphatic rings. The van der Waals surface area contributed by atoms with Gasteiger partial charge in [0.25, 0.3) is 0 Å². The van der Waals surface area contributed by atoms with Gasteiger partial charge in [0.05, 0.1) is 18.4 Å². The Labute approximate surface area is 137 Å². The van der Waals surface area contributed by atoms with Gasteiger partial charge in [0.2, 0.25) is 0 Å². The van der Waals surface area contributed by atoms with Crippen molar-refractivity contribution in [3.63, 3.8) is 0 Å². The van der Waals surface area contributed by atoms with E-state index in [0.29, 0.717) is 12.8 Å². The van der Waals surface area contributed by atoms with Gasteiger partial charge in [-0.3, -0.25) is 9.59 Å². The molecule has 1 aliphatic carbocycles. The highest BCUT2D eigenvalue weighted by molar-refractivity contribution is 5.91. The first-order valence-electron chi connectivity index (χ1n) is 7.80. The van der Waals surface area contributed by atoms with Gasteiger partial charge in [-0.25, -0.2) is 0 Å². The lowest BCUT2D eigenvalue weighted by atomic mass is 9.93. The molecule has 1 fully saturated rings. The third-order valence-corrected chi connectivity index (χ3v) is 4.09. The molecular formula is C18H25NO4. The minimum atomic E-state index is -0.802. The Morgan fingerprint density at radius 3 is 2.61 bits per heavy atom. The Bertz CT molecular complexity index is 605. The van der Waals surface area contributed by atoms with Crippen LogP contribution in [0.15, 0.2) is 24.3 Å². The number of anilines is 1. The molecule has 2 rings (SSSR count). The number of hydrogen-bond donors (Lipinski definition) is 1. The second-order valence-corrected chi connectivity index (χ2v) is 7.07. The SMILES string of the molecule is CNc1cccc(C[C@]2(C(=O)OC)C[C@@H]2C(=O)OC(C)(C)C)c1. The Morgan fingerprint density at radius 1 is 1.35 bits per heavy atom. The largest absolute Gasteiger partial charge is 0.469 e. The van der Waals surface area contributed by atoms with Gasteiger partial charge in [-0.05, 0) is 51.3 Å². The predicted molar refractivity (Wildman–Crippen MR) is 88.1 cm³/mol. The number of methoxy groups -OCH3 is 1. The van der Waals surface area contributed by atoms with Crippen LogP contribution in [0, 0.1) is 11.3 Å². The fourth-order valence-electron chi connectivity index (χ4n) is 2.88. The van der Waals surface area contributed by atoms with Crippen molar-refractivity contribution >= 4 is 17.6 Å². The Morgan fingerprint density at radius 2 is 2.04 bits per heavy atom. The zero-order chi connectivity index (χ0) is 17.3. The van der Waals surface area contributed by atoms with Crippen LogP contribution in [0.1, 0.15) is 32.8 Å². The lowest BCUT2D eigenvalue weighted by Gasteiger charge is -2.21. The van der Waals surface area contributed by atoms with Crippen molar-refractivity contribution < 1.29 is 19.1 Å². The normalized spacial score (nSPS) is 23.1. The van der Waals surface area contributed by atoms with Crippen LogP contribution in [0.2, 0.25) is 0 Å². The molecule has 0 radical (unpaired) electrons. The van der Waals surface area contributed by atoms with E-state index in [1.165, 1.54) is 7.11 Å². The van der Waals surface area contributed by atoms with E-state index < -0.39 is 16.9 Å². The van der Waals surface area contributed by atoms with E-state index in [9.17, 15) is 9.59 Å². The summed E-state index contributed by atoms with van der Waals surface area (Å²) >= 11 is 0. The molecule has 0 amide bonds. The summed E-state index contributed by atoms with van der Waals surface area (Å²) in [5.74, 6) is -1.11. The number of carbonyl (C=O) groups excluding carboxylic acids is 2. The number of carbonyl (C=O) groups is 2. The first kappa shape index (κ1) is 17.3. The quantitative estimate of drug-likeness (QED) is 0.846. The molecule has 2 atom stereocenters. The molecule has 0 bridgehead atoms. The number of esters is 2. The topological polar surface area (TPSA) is 64.6 Å². The van der Waals surface area contributed by atoms with Crippen molar-refractivity contribution in [3.8, 4) is 0 Å². The summed E-state index contributed by atoms with van der Waals surface area (Å²) < 4.78 is 10.4. The lowest BCUT2D eigenvalue weighted by Crippen LogP contribution is -2.30. The average Bonchev–Trinajstić information content (AvgIpc) is 3.20. The molecule has 0 spiro atoms. The molecule has 23 heavy (non-hydrogen) atoms. The summed E-state index contributed by atoms with van der Waals surface area (Å²) in [7, 11) is 3.20. The third-order valence-electron chi connectivity index (χ3n) is 4.09. The van der Waals surface area contributed by atoms with Crippen LogP contribution < -0.4 is 5.32 Å². The number of nitrogens with one attached hydrogen (secondary N) is 1. The van der Waals surface area contributed by atoms with Gasteiger partial charge in [-0.2, -0.15) is 0 Å². The summed E-state index contributed by atoms with van der Waals surface area (Å²) in [6.45, 7) is 5.47. The van der Waals surface area contributed by atoms with Crippen LogP contribution in [0.25, 0.3) is 0 Å². The summed E-state index contributed by atoms with van der Waals surface area (Å²) in [5.41, 5.74) is 0.599. The smallest absolute Gasteiger partial charge is 0.313 e. The van der Waals surface area contributed by atoms with E-state index in [-0.39, 0.29) is 11.9 Å². The molecule has 0 aromatic heterocycles. The van der Waals surface area contributed by atoms with Gasteiger partial charge >= 0.3 is 11.9 Å². The van der Waals surface area contributed by atoms with Gasteiger partial charge in [0.15, 0.2) is 0 Å². The zero-order valence-corrected chi connectivity index (χ0v) is 14.4. The zero-order valence-electron chi connectivity index (χ0n) is 14.4. The van der Waals surface area contributed by atoms with Gasteiger partial charge in [0, 0.05) is 12.7 Å². The van der Waals surface area contributed by atoms with E-state index in [0.717, 1.165) is 11.3 Å². The Kier molecular flexibility index (Phi) is 4.68. The molecule has 1 N–H and O–H groups in total. The summed E-state index contributed by atoms with van der Waals surface area (Å²) in [6.07, 6.45) is 0.942. The number of ether oxygens (including phenoxy) is 2. The molecule has 126 valence electrons. The van der Waals surface area contributed by atoms with Crippen LogP contribution in [-0.4, -0.2) is 31.7 Å². The molecule has 0 aliphatic heterocycles. The van der Waals surface area contributed by atoms with Crippen LogP contribution in [0.5, 0.6) is 0 Å². The monoisotopic (exact) mass is 319 g/mol. The first-order chi connectivity index (χ1) is 10.7. The maximum Gasteiger partial charge on any atom is 0.313 e. The van der Waals surface area contributed by atoms with Crippen LogP contribution >= 0.6 is 0 Å². The van der Waals surface area contributed by atoms with E-state index in [1.807, 2.05) is 52.1 Å². The van der Waals surface area contributed by atoms with Crippen molar-refractivity contribution in [1.29, 1.82) is 0 Å². The van der Waals surface area contributed by atoms with E-state index in [2.05, 4.69) is 5.32 Å². The molecule has 0 saturated heterocycles. The summed E-state index contributed by atoms with van der Waals surface area (Å²) in [5, 5.41) is 3.07. The van der Waals surface area contributed by atoms with Crippen LogP contribution in [0.3, 0.4) is 0 Å². The van der Waals surface area contributed by atoms with Gasteiger partial charge in [-0.15, -0.1) is 0 Å². The van der Waals surface area contributed by atoms with Gasteiger partial charge in [0.1, 0.15) is 5.60 Å². The summed E-state index contributed by atoms with van der Waals surface area (Å²) in [6, 6.07) is 7.81. The molecule has 0 heterocycles. The minimum absolute atomic E-state index is 0.326. The van der Waals surface area contributed by atoms with Crippen LogP contribution in [0.4, 0.5) is 5.69 Å². The van der Waals surface area contributed by atoms with Crippen molar-refractivity contribution in [2.45, 2.75) is 39.2 Å². The Hall–Kier alpha value is -2.04. The summed E-state index contributed by atoms with van der Waals surface area (Å²) in [4.78, 5) is 24.6. The molecule has 5 heteroatoms. The van der Waals surface area contributed by atoms with E-state index in [4.69, 9.17) is 9.47 Å². The highest BCUT2D eigenvalue weighted by Gasteiger charge is 2.65. The van der Waals surface area contributed by atoms with Crippen molar-refractivity contribution in [3.05, 3.63) is 29.8 Å². The Balaban J connectivity index is 2.19. The van der Waals surface area contributed by atoms with Gasteiger partial charge < -0.3 is 14.8 Å². The highest BCUT2D eigenvalue weighted by atomic mass is 16.6. The van der Waals surface area contributed by atoms with Gasteiger partial charge in [-0.1, -0.05) is 12.1 Å². The standard InChI is InChI=1S/C18H25NO4/c1-17(2,3)23-15(20)14-11-18(14,16(21)22-5)10-12-7-6-8-13(9-12)19-4/h6-9,14,19H,10-11H2,1-5H3/t14-,18+/m1/s1. The predicted octanol–water partition coefficient (Wildman–Crippen LogP) is 2.79. The lowest BCUT2D eigenvalue weighted by molar-refractivity contribution is -0.161. The van der Waals surface area contributed by atoms with Crippen LogP contribution in [-0.2, 0) is 25.5 Å². The minimum Gasteiger partial charge on any atom is -0.469 e. The highest BCUT2D eigenvalue weighted by Crippen LogP contribution is 2.56. The van der Waals surface area contributed by atoms with E-state index in [1.54, 1.807) is 0 Å². The molecular weight excluding hydrogens is 294 g/mol. The molecule has 1 aromatic rings. The van der Waals surface area contributed by atoms with Crippen molar-refractivity contribution in [1.82, 2.24) is 0 Å². The number of benzene rings is 1. The third kappa shape index (κ3) is 3.84. The molecule has 0 unspecified atom stereocenters. The molecule has 5 nitrogen and oxygen atoms in total. The molecule has 1 aromatic carbocycles.